The number of nitrogens with zero attached hydrogens (tertiary/aromatic N) is 3. The smallest absolute Gasteiger partial charge is 0.0840 e. The summed E-state index contributed by atoms with van der Waals surface area (Å²) in [6.07, 6.45) is 7.07. The Morgan fingerprint density at radius 3 is 3.00 bits per heavy atom. The van der Waals surface area contributed by atoms with Gasteiger partial charge in [0.2, 0.25) is 0 Å². The second kappa shape index (κ2) is 7.50. The van der Waals surface area contributed by atoms with E-state index in [0.29, 0.717) is 13.2 Å². The van der Waals surface area contributed by atoms with E-state index in [1.807, 2.05) is 17.8 Å². The third-order valence-electron chi connectivity index (χ3n) is 5.36. The Balaban J connectivity index is 1.25. The van der Waals surface area contributed by atoms with Gasteiger partial charge in [-0.3, -0.25) is 9.88 Å². The first-order valence-electron chi connectivity index (χ1n) is 8.98. The van der Waals surface area contributed by atoms with E-state index in [1.54, 1.807) is 17.5 Å². The number of piperidine rings is 1. The number of thiazole rings is 1. The third kappa shape index (κ3) is 4.08. The van der Waals surface area contributed by atoms with Crippen LogP contribution < -0.4 is 0 Å². The van der Waals surface area contributed by atoms with E-state index in [0.717, 1.165) is 44.5 Å². The minimum Gasteiger partial charge on any atom is -0.372 e. The van der Waals surface area contributed by atoms with Gasteiger partial charge in [0.1, 0.15) is 0 Å². The maximum Gasteiger partial charge on any atom is 0.0840 e. The van der Waals surface area contributed by atoms with Crippen molar-refractivity contribution in [3.05, 3.63) is 46.2 Å². The minimum atomic E-state index is 0.0266. The summed E-state index contributed by atoms with van der Waals surface area (Å²) >= 11 is 1.76. The molecular weight excluding hydrogens is 334 g/mol. The van der Waals surface area contributed by atoms with Crippen LogP contribution in [0, 0.1) is 6.92 Å². The molecule has 25 heavy (non-hydrogen) atoms. The predicted molar refractivity (Wildman–Crippen MR) is 97.5 cm³/mol. The fourth-order valence-corrected chi connectivity index (χ4v) is 4.57. The van der Waals surface area contributed by atoms with Crippen molar-refractivity contribution in [1.82, 2.24) is 14.9 Å². The van der Waals surface area contributed by atoms with Crippen LogP contribution in [0.3, 0.4) is 0 Å². The Bertz CT molecular complexity index is 683. The van der Waals surface area contributed by atoms with Crippen molar-refractivity contribution >= 4 is 11.3 Å². The van der Waals surface area contributed by atoms with E-state index in [9.17, 15) is 0 Å². The molecule has 2 fully saturated rings. The van der Waals surface area contributed by atoms with Crippen molar-refractivity contribution < 1.29 is 9.47 Å². The van der Waals surface area contributed by atoms with Crippen LogP contribution in [0.15, 0.2) is 30.0 Å². The van der Waals surface area contributed by atoms with E-state index >= 15 is 0 Å². The Hall–Kier alpha value is -1.34. The number of ether oxygens (including phenoxy) is 2. The summed E-state index contributed by atoms with van der Waals surface area (Å²) in [7, 11) is 0. The average molecular weight is 359 g/mol. The van der Waals surface area contributed by atoms with Gasteiger partial charge in [-0.15, -0.1) is 11.3 Å². The molecule has 2 aliphatic heterocycles. The number of aryl methyl sites for hydroxylation is 1. The SMILES string of the molecule is Cc1ncsc1CN1CCC2(CC1)CC(OCc1cccnc1)CO2. The lowest BCUT2D eigenvalue weighted by Crippen LogP contribution is -2.43. The highest BCUT2D eigenvalue weighted by Crippen LogP contribution is 2.37. The molecule has 2 saturated heterocycles. The summed E-state index contributed by atoms with van der Waals surface area (Å²) < 4.78 is 12.3. The normalized spacial score (nSPS) is 23.3. The summed E-state index contributed by atoms with van der Waals surface area (Å²) in [6, 6.07) is 4.00. The average Bonchev–Trinajstić information content (AvgIpc) is 3.23. The maximum absolute atomic E-state index is 6.21. The van der Waals surface area contributed by atoms with Gasteiger partial charge in [0.05, 0.1) is 36.1 Å². The molecule has 5 nitrogen and oxygen atoms in total. The number of aromatic nitrogens is 2. The fourth-order valence-electron chi connectivity index (χ4n) is 3.76. The number of likely N-dealkylation sites (tertiary alicyclic amines) is 1. The molecule has 0 saturated carbocycles. The molecule has 2 aromatic rings. The van der Waals surface area contributed by atoms with E-state index in [1.165, 1.54) is 10.6 Å². The summed E-state index contributed by atoms with van der Waals surface area (Å²) in [4.78, 5) is 12.4. The van der Waals surface area contributed by atoms with Gasteiger partial charge >= 0.3 is 0 Å². The summed E-state index contributed by atoms with van der Waals surface area (Å²) in [5, 5.41) is 0. The molecule has 4 rings (SSSR count). The maximum atomic E-state index is 6.21. The van der Waals surface area contributed by atoms with Crippen molar-refractivity contribution in [3.8, 4) is 0 Å². The highest BCUT2D eigenvalue weighted by Gasteiger charge is 2.43. The molecular formula is C19H25N3O2S. The Morgan fingerprint density at radius 2 is 2.28 bits per heavy atom. The van der Waals surface area contributed by atoms with Crippen LogP contribution in [-0.2, 0) is 22.6 Å². The van der Waals surface area contributed by atoms with Crippen LogP contribution in [0.4, 0.5) is 0 Å². The Kier molecular flexibility index (Phi) is 5.12. The monoisotopic (exact) mass is 359 g/mol. The zero-order chi connectivity index (χ0) is 17.1. The van der Waals surface area contributed by atoms with Crippen LogP contribution in [0.25, 0.3) is 0 Å². The number of hydrogen-bond acceptors (Lipinski definition) is 6. The first-order chi connectivity index (χ1) is 12.2. The zero-order valence-electron chi connectivity index (χ0n) is 14.7. The van der Waals surface area contributed by atoms with Gasteiger partial charge in [-0.05, 0) is 31.4 Å². The lowest BCUT2D eigenvalue weighted by molar-refractivity contribution is -0.0467. The molecule has 0 aromatic carbocycles. The summed E-state index contributed by atoms with van der Waals surface area (Å²) in [5.74, 6) is 0. The predicted octanol–water partition coefficient (Wildman–Crippen LogP) is 3.19. The molecule has 0 N–H and O–H groups in total. The van der Waals surface area contributed by atoms with Gasteiger partial charge in [-0.1, -0.05) is 6.07 Å². The number of hydrogen-bond donors (Lipinski definition) is 0. The summed E-state index contributed by atoms with van der Waals surface area (Å²) in [5.41, 5.74) is 4.27. The quantitative estimate of drug-likeness (QED) is 0.820. The summed E-state index contributed by atoms with van der Waals surface area (Å²) in [6.45, 7) is 6.64. The molecule has 1 unspecified atom stereocenters. The molecule has 1 spiro atoms. The molecule has 134 valence electrons. The zero-order valence-corrected chi connectivity index (χ0v) is 15.5. The standard InChI is InChI=1S/C19H25N3O2S/c1-15-18(25-14-21-15)11-22-7-4-19(5-8-22)9-17(13-24-19)23-12-16-3-2-6-20-10-16/h2-3,6,10,14,17H,4-5,7-9,11-13H2,1H3. The van der Waals surface area contributed by atoms with Gasteiger partial charge in [0.25, 0.3) is 0 Å². The number of pyridine rings is 1. The molecule has 2 aromatic heterocycles. The van der Waals surface area contributed by atoms with E-state index < -0.39 is 0 Å². The first-order valence-corrected chi connectivity index (χ1v) is 9.86. The van der Waals surface area contributed by atoms with Crippen molar-refractivity contribution in [2.45, 2.75) is 51.0 Å². The topological polar surface area (TPSA) is 47.5 Å². The van der Waals surface area contributed by atoms with Crippen LogP contribution in [0.2, 0.25) is 0 Å². The lowest BCUT2D eigenvalue weighted by Gasteiger charge is -2.38. The molecule has 1 atom stereocenters. The lowest BCUT2D eigenvalue weighted by atomic mass is 9.88. The Labute approximate surface area is 153 Å². The van der Waals surface area contributed by atoms with Gasteiger partial charge in [0, 0.05) is 43.3 Å². The fraction of sp³-hybridized carbons (Fsp3) is 0.579. The van der Waals surface area contributed by atoms with Gasteiger partial charge in [0.15, 0.2) is 0 Å². The molecule has 6 heteroatoms. The molecule has 4 heterocycles. The third-order valence-corrected chi connectivity index (χ3v) is 6.28. The molecule has 0 bridgehead atoms. The second-order valence-electron chi connectivity index (χ2n) is 7.13. The van der Waals surface area contributed by atoms with E-state index in [-0.39, 0.29) is 11.7 Å². The van der Waals surface area contributed by atoms with Gasteiger partial charge < -0.3 is 9.47 Å². The second-order valence-corrected chi connectivity index (χ2v) is 8.07. The molecule has 0 radical (unpaired) electrons. The van der Waals surface area contributed by atoms with Crippen molar-refractivity contribution in [2.24, 2.45) is 0 Å². The Morgan fingerprint density at radius 1 is 1.40 bits per heavy atom. The molecule has 0 aliphatic carbocycles. The van der Waals surface area contributed by atoms with Crippen LogP contribution >= 0.6 is 11.3 Å². The molecule has 2 aliphatic rings. The minimum absolute atomic E-state index is 0.0266. The highest BCUT2D eigenvalue weighted by molar-refractivity contribution is 7.09. The van der Waals surface area contributed by atoms with Gasteiger partial charge in [-0.2, -0.15) is 0 Å². The highest BCUT2D eigenvalue weighted by atomic mass is 32.1. The van der Waals surface area contributed by atoms with Crippen LogP contribution in [0.1, 0.15) is 35.4 Å². The van der Waals surface area contributed by atoms with Crippen molar-refractivity contribution in [3.63, 3.8) is 0 Å². The van der Waals surface area contributed by atoms with Crippen molar-refractivity contribution in [1.29, 1.82) is 0 Å². The van der Waals surface area contributed by atoms with Gasteiger partial charge in [-0.25, -0.2) is 4.98 Å². The van der Waals surface area contributed by atoms with E-state index in [4.69, 9.17) is 9.47 Å². The van der Waals surface area contributed by atoms with Crippen LogP contribution in [-0.4, -0.2) is 46.3 Å². The van der Waals surface area contributed by atoms with E-state index in [2.05, 4.69) is 27.9 Å². The largest absolute Gasteiger partial charge is 0.372 e. The van der Waals surface area contributed by atoms with Crippen molar-refractivity contribution in [2.75, 3.05) is 19.7 Å². The van der Waals surface area contributed by atoms with Crippen LogP contribution in [0.5, 0.6) is 0 Å². The molecule has 0 amide bonds. The first kappa shape index (κ1) is 17.1. The number of rotatable bonds is 5.